The maximum absolute atomic E-state index is 12.3. The summed E-state index contributed by atoms with van der Waals surface area (Å²) in [5, 5.41) is 14.5. The predicted molar refractivity (Wildman–Crippen MR) is 101 cm³/mol. The Morgan fingerprint density at radius 3 is 2.59 bits per heavy atom. The zero-order valence-electron chi connectivity index (χ0n) is 15.0. The maximum atomic E-state index is 12.3. The van der Waals surface area contributed by atoms with E-state index in [1.54, 1.807) is 18.2 Å². The van der Waals surface area contributed by atoms with Gasteiger partial charge in [0, 0.05) is 5.56 Å². The molecule has 0 aliphatic heterocycles. The summed E-state index contributed by atoms with van der Waals surface area (Å²) in [6.07, 6.45) is 4.58. The monoisotopic (exact) mass is 365 g/mol. The molecule has 138 valence electrons. The molecule has 0 atom stereocenters. The van der Waals surface area contributed by atoms with Crippen molar-refractivity contribution < 1.29 is 14.1 Å². The van der Waals surface area contributed by atoms with Gasteiger partial charge in [0.05, 0.1) is 17.4 Å². The third-order valence-electron chi connectivity index (χ3n) is 4.07. The van der Waals surface area contributed by atoms with Gasteiger partial charge in [0.15, 0.2) is 5.78 Å². The quantitative estimate of drug-likeness (QED) is 0.267. The van der Waals surface area contributed by atoms with Crippen molar-refractivity contribution in [2.45, 2.75) is 26.3 Å². The molecule has 0 radical (unpaired) electrons. The zero-order valence-corrected chi connectivity index (χ0v) is 15.0. The topological polar surface area (TPSA) is 91.2 Å². The van der Waals surface area contributed by atoms with Gasteiger partial charge in [-0.3, -0.25) is 4.79 Å². The lowest BCUT2D eigenvalue weighted by molar-refractivity contribution is -0.389. The molecule has 0 aliphatic carbocycles. The Balaban J connectivity index is 1.63. The fourth-order valence-electron chi connectivity index (χ4n) is 2.55. The van der Waals surface area contributed by atoms with Gasteiger partial charge in [-0.15, -0.1) is 0 Å². The lowest BCUT2D eigenvalue weighted by atomic mass is 10.0. The molecule has 7 heteroatoms. The van der Waals surface area contributed by atoms with E-state index in [1.807, 2.05) is 24.3 Å². The molecule has 2 aromatic heterocycles. The van der Waals surface area contributed by atoms with Crippen LogP contribution in [0.15, 0.2) is 59.2 Å². The SMILES string of the molecule is CC(C)c1ccc(C(=O)/C=C/c2ccc(Cn3ccc([N+](=O)[O-])n3)o2)cc1. The first-order valence-electron chi connectivity index (χ1n) is 8.51. The van der Waals surface area contributed by atoms with E-state index in [-0.39, 0.29) is 18.1 Å². The maximum Gasteiger partial charge on any atom is 0.389 e. The molecule has 0 saturated heterocycles. The van der Waals surface area contributed by atoms with E-state index in [2.05, 4.69) is 18.9 Å². The first kappa shape index (κ1) is 18.3. The molecule has 0 N–H and O–H groups in total. The fourth-order valence-corrected chi connectivity index (χ4v) is 2.55. The summed E-state index contributed by atoms with van der Waals surface area (Å²) < 4.78 is 7.05. The Labute approximate surface area is 156 Å². The van der Waals surface area contributed by atoms with E-state index in [0.29, 0.717) is 23.0 Å². The molecular weight excluding hydrogens is 346 g/mol. The van der Waals surface area contributed by atoms with Gasteiger partial charge in [-0.05, 0) is 40.7 Å². The van der Waals surface area contributed by atoms with Crippen LogP contribution in [0.4, 0.5) is 5.82 Å². The summed E-state index contributed by atoms with van der Waals surface area (Å²) in [5.41, 5.74) is 1.80. The van der Waals surface area contributed by atoms with Gasteiger partial charge >= 0.3 is 5.82 Å². The molecule has 3 aromatic rings. The van der Waals surface area contributed by atoms with Crippen molar-refractivity contribution in [3.05, 3.63) is 87.5 Å². The van der Waals surface area contributed by atoms with E-state index >= 15 is 0 Å². The minimum Gasteiger partial charge on any atom is -0.460 e. The molecule has 0 fully saturated rings. The van der Waals surface area contributed by atoms with Gasteiger partial charge in [-0.2, -0.15) is 4.68 Å². The number of ketones is 1. The third-order valence-corrected chi connectivity index (χ3v) is 4.07. The van der Waals surface area contributed by atoms with Crippen molar-refractivity contribution in [2.75, 3.05) is 0 Å². The molecule has 27 heavy (non-hydrogen) atoms. The van der Waals surface area contributed by atoms with Crippen molar-refractivity contribution in [3.63, 3.8) is 0 Å². The summed E-state index contributed by atoms with van der Waals surface area (Å²) in [4.78, 5) is 22.4. The number of hydrogen-bond acceptors (Lipinski definition) is 5. The molecule has 2 heterocycles. The number of nitrogens with zero attached hydrogens (tertiary/aromatic N) is 3. The van der Waals surface area contributed by atoms with Gasteiger partial charge in [0.25, 0.3) is 0 Å². The molecule has 0 bridgehead atoms. The van der Waals surface area contributed by atoms with E-state index in [4.69, 9.17) is 4.42 Å². The van der Waals surface area contributed by atoms with Crippen LogP contribution in [-0.4, -0.2) is 20.5 Å². The van der Waals surface area contributed by atoms with Gasteiger partial charge in [0.1, 0.15) is 18.1 Å². The van der Waals surface area contributed by atoms with Gasteiger partial charge in [0.2, 0.25) is 0 Å². The molecule has 1 aromatic carbocycles. The number of benzene rings is 1. The van der Waals surface area contributed by atoms with Crippen LogP contribution in [0.1, 0.15) is 47.2 Å². The minimum absolute atomic E-state index is 0.106. The van der Waals surface area contributed by atoms with E-state index in [0.717, 1.165) is 0 Å². The lowest BCUT2D eigenvalue weighted by Crippen LogP contribution is -2.00. The summed E-state index contributed by atoms with van der Waals surface area (Å²) in [5.74, 6) is 1.21. The van der Waals surface area contributed by atoms with Crippen LogP contribution < -0.4 is 0 Å². The van der Waals surface area contributed by atoms with Crippen LogP contribution in [0.3, 0.4) is 0 Å². The minimum atomic E-state index is -0.549. The predicted octanol–water partition coefficient (Wildman–Crippen LogP) is 4.45. The average Bonchev–Trinajstić information content (AvgIpc) is 3.30. The van der Waals surface area contributed by atoms with Gasteiger partial charge in [-0.25, -0.2) is 0 Å². The van der Waals surface area contributed by atoms with Gasteiger partial charge in [-0.1, -0.05) is 38.1 Å². The highest BCUT2D eigenvalue weighted by molar-refractivity contribution is 6.06. The molecule has 0 aliphatic rings. The Kier molecular flexibility index (Phi) is 5.30. The number of hydrogen-bond donors (Lipinski definition) is 0. The highest BCUT2D eigenvalue weighted by Crippen LogP contribution is 2.16. The Morgan fingerprint density at radius 1 is 1.22 bits per heavy atom. The Morgan fingerprint density at radius 2 is 1.96 bits per heavy atom. The number of furan rings is 1. The summed E-state index contributed by atoms with van der Waals surface area (Å²) in [6, 6.07) is 12.4. The zero-order chi connectivity index (χ0) is 19.4. The van der Waals surface area contributed by atoms with Crippen molar-refractivity contribution in [1.29, 1.82) is 0 Å². The number of allylic oxidation sites excluding steroid dienone is 1. The Hall–Kier alpha value is -3.48. The second-order valence-corrected chi connectivity index (χ2v) is 6.41. The third kappa shape index (κ3) is 4.58. The number of carbonyl (C=O) groups excluding carboxylic acids is 1. The van der Waals surface area contributed by atoms with Gasteiger partial charge < -0.3 is 14.5 Å². The molecule has 0 saturated carbocycles. The molecule has 7 nitrogen and oxygen atoms in total. The van der Waals surface area contributed by atoms with Crippen LogP contribution in [0.2, 0.25) is 0 Å². The molecule has 3 rings (SSSR count). The second-order valence-electron chi connectivity index (χ2n) is 6.41. The molecule has 0 unspecified atom stereocenters. The number of carbonyl (C=O) groups is 1. The van der Waals surface area contributed by atoms with E-state index < -0.39 is 4.92 Å². The van der Waals surface area contributed by atoms with Crippen LogP contribution in [0, 0.1) is 10.1 Å². The molecule has 0 spiro atoms. The fraction of sp³-hybridized carbons (Fsp3) is 0.200. The first-order chi connectivity index (χ1) is 12.9. The van der Waals surface area contributed by atoms with Crippen LogP contribution >= 0.6 is 0 Å². The first-order valence-corrected chi connectivity index (χ1v) is 8.51. The number of rotatable bonds is 7. The number of aromatic nitrogens is 2. The standard InChI is InChI=1S/C20H19N3O4/c1-14(2)15-3-5-16(6-4-15)19(24)10-9-17-7-8-18(27-17)13-22-12-11-20(21-22)23(25)26/h3-12,14H,13H2,1-2H3/b10-9+. The smallest absolute Gasteiger partial charge is 0.389 e. The second kappa shape index (κ2) is 7.82. The lowest BCUT2D eigenvalue weighted by Gasteiger charge is -2.04. The molecular formula is C20H19N3O4. The van der Waals surface area contributed by atoms with E-state index in [9.17, 15) is 14.9 Å². The van der Waals surface area contributed by atoms with Crippen molar-refractivity contribution in [3.8, 4) is 0 Å². The molecule has 0 amide bonds. The highest BCUT2D eigenvalue weighted by Gasteiger charge is 2.12. The Bertz CT molecular complexity index is 981. The number of nitro groups is 1. The van der Waals surface area contributed by atoms with Crippen molar-refractivity contribution >= 4 is 17.7 Å². The largest absolute Gasteiger partial charge is 0.460 e. The highest BCUT2D eigenvalue weighted by atomic mass is 16.6. The van der Waals surface area contributed by atoms with Crippen LogP contribution in [0.5, 0.6) is 0 Å². The average molecular weight is 365 g/mol. The van der Waals surface area contributed by atoms with E-state index in [1.165, 1.54) is 28.6 Å². The summed E-state index contributed by atoms with van der Waals surface area (Å²) in [6.45, 7) is 4.48. The normalized spacial score (nSPS) is 11.4. The van der Waals surface area contributed by atoms with Crippen LogP contribution in [0.25, 0.3) is 6.08 Å². The van der Waals surface area contributed by atoms with Crippen LogP contribution in [-0.2, 0) is 6.54 Å². The summed E-state index contributed by atoms with van der Waals surface area (Å²) >= 11 is 0. The summed E-state index contributed by atoms with van der Waals surface area (Å²) in [7, 11) is 0. The van der Waals surface area contributed by atoms with Crippen molar-refractivity contribution in [2.24, 2.45) is 0 Å². The van der Waals surface area contributed by atoms with Crippen molar-refractivity contribution in [1.82, 2.24) is 9.78 Å².